The standard InChI is InChI=1S/C26H31N3O4S/c1-16-18(15-20(33-6)17(2)29(31)32)11-13-27-23(16)22(21-10-8-14-34-21)19-9-7-12-28(26(3,4)5)25(30)24(19)27/h8,10,14-15H,1,7,9,11-13H2,2-6H3. The van der Waals surface area contributed by atoms with E-state index in [0.717, 1.165) is 57.9 Å². The predicted octanol–water partition coefficient (Wildman–Crippen LogP) is 5.90. The number of nitrogens with zero attached hydrogens (tertiary/aromatic N) is 3. The number of aromatic nitrogens is 1. The molecule has 0 saturated carbocycles. The molecule has 180 valence electrons. The van der Waals surface area contributed by atoms with Crippen molar-refractivity contribution >= 4 is 22.8 Å². The number of amides is 1. The summed E-state index contributed by atoms with van der Waals surface area (Å²) >= 11 is 1.65. The summed E-state index contributed by atoms with van der Waals surface area (Å²) in [5.74, 6) is 0.279. The molecule has 0 aliphatic carbocycles. The van der Waals surface area contributed by atoms with Gasteiger partial charge in [0.05, 0.1) is 17.7 Å². The van der Waals surface area contributed by atoms with E-state index in [1.807, 2.05) is 16.3 Å². The number of nitro groups is 1. The first-order chi connectivity index (χ1) is 16.1. The van der Waals surface area contributed by atoms with Crippen LogP contribution in [-0.4, -0.2) is 39.5 Å². The summed E-state index contributed by atoms with van der Waals surface area (Å²) in [5, 5.41) is 13.4. The predicted molar refractivity (Wildman–Crippen MR) is 135 cm³/mol. The van der Waals surface area contributed by atoms with Gasteiger partial charge in [-0.1, -0.05) is 12.6 Å². The summed E-state index contributed by atoms with van der Waals surface area (Å²) in [6.45, 7) is 13.4. The lowest BCUT2D eigenvalue weighted by atomic mass is 9.92. The first kappa shape index (κ1) is 24.0. The minimum absolute atomic E-state index is 0.0472. The summed E-state index contributed by atoms with van der Waals surface area (Å²) in [5.41, 5.74) is 5.19. The van der Waals surface area contributed by atoms with Crippen molar-refractivity contribution in [2.75, 3.05) is 13.7 Å². The smallest absolute Gasteiger partial charge is 0.284 e. The third-order valence-electron chi connectivity index (χ3n) is 6.63. The molecule has 1 amide bonds. The van der Waals surface area contributed by atoms with Crippen molar-refractivity contribution in [2.45, 2.75) is 59.0 Å². The van der Waals surface area contributed by atoms with E-state index in [-0.39, 0.29) is 22.9 Å². The minimum atomic E-state index is -0.441. The Labute approximate surface area is 204 Å². The Morgan fingerprint density at radius 2 is 2.00 bits per heavy atom. The second-order valence-electron chi connectivity index (χ2n) is 9.72. The maximum Gasteiger partial charge on any atom is 0.284 e. The van der Waals surface area contributed by atoms with Crippen LogP contribution >= 0.6 is 11.3 Å². The van der Waals surface area contributed by atoms with Crippen LogP contribution in [0.3, 0.4) is 0 Å². The molecule has 2 aromatic heterocycles. The van der Waals surface area contributed by atoms with Gasteiger partial charge in [0, 0.05) is 36.0 Å². The Bertz CT molecular complexity index is 1230. The Hall–Kier alpha value is -3.13. The van der Waals surface area contributed by atoms with Gasteiger partial charge in [-0.15, -0.1) is 11.3 Å². The lowest BCUT2D eigenvalue weighted by molar-refractivity contribution is -0.427. The van der Waals surface area contributed by atoms with Crippen LogP contribution in [0.1, 0.15) is 62.3 Å². The average molecular weight is 482 g/mol. The normalized spacial score (nSPS) is 18.4. The molecule has 8 heteroatoms. The third-order valence-corrected chi connectivity index (χ3v) is 7.52. The summed E-state index contributed by atoms with van der Waals surface area (Å²) < 4.78 is 7.47. The molecule has 4 rings (SSSR count). The summed E-state index contributed by atoms with van der Waals surface area (Å²) in [6.07, 6.45) is 4.05. The van der Waals surface area contributed by atoms with Crippen molar-refractivity contribution in [3.05, 3.63) is 74.3 Å². The van der Waals surface area contributed by atoms with Crippen molar-refractivity contribution in [2.24, 2.45) is 0 Å². The van der Waals surface area contributed by atoms with E-state index in [0.29, 0.717) is 13.0 Å². The zero-order chi connectivity index (χ0) is 24.8. The van der Waals surface area contributed by atoms with Crippen LogP contribution in [0.15, 0.2) is 47.2 Å². The third kappa shape index (κ3) is 4.00. The Kier molecular flexibility index (Phi) is 6.29. The first-order valence-electron chi connectivity index (χ1n) is 11.5. The molecule has 0 saturated heterocycles. The van der Waals surface area contributed by atoms with Crippen LogP contribution in [-0.2, 0) is 17.7 Å². The van der Waals surface area contributed by atoms with E-state index < -0.39 is 4.92 Å². The number of fused-ring (bicyclic) bond motifs is 3. The highest BCUT2D eigenvalue weighted by atomic mass is 32.1. The van der Waals surface area contributed by atoms with Gasteiger partial charge in [0.1, 0.15) is 5.69 Å². The zero-order valence-electron chi connectivity index (χ0n) is 20.4. The number of allylic oxidation sites excluding steroid dienone is 4. The summed E-state index contributed by atoms with van der Waals surface area (Å²) in [6, 6.07) is 4.10. The Morgan fingerprint density at radius 3 is 2.59 bits per heavy atom. The van der Waals surface area contributed by atoms with E-state index >= 15 is 0 Å². The number of rotatable bonds is 4. The molecule has 2 aliphatic rings. The van der Waals surface area contributed by atoms with Crippen LogP contribution in [0.2, 0.25) is 0 Å². The number of hydrogen-bond donors (Lipinski definition) is 0. The van der Waals surface area contributed by atoms with Crippen molar-refractivity contribution in [1.29, 1.82) is 0 Å². The first-order valence-corrected chi connectivity index (χ1v) is 12.3. The highest BCUT2D eigenvalue weighted by Crippen LogP contribution is 2.45. The number of ether oxygens (including phenoxy) is 1. The van der Waals surface area contributed by atoms with Crippen molar-refractivity contribution < 1.29 is 14.5 Å². The highest BCUT2D eigenvalue weighted by Gasteiger charge is 2.38. The van der Waals surface area contributed by atoms with Crippen LogP contribution in [0, 0.1) is 10.1 Å². The van der Waals surface area contributed by atoms with Crippen LogP contribution in [0.4, 0.5) is 0 Å². The van der Waals surface area contributed by atoms with Crippen LogP contribution in [0.25, 0.3) is 16.0 Å². The topological polar surface area (TPSA) is 77.6 Å². The fourth-order valence-corrected chi connectivity index (χ4v) is 5.72. The van der Waals surface area contributed by atoms with Gasteiger partial charge in [-0.25, -0.2) is 0 Å². The van der Waals surface area contributed by atoms with E-state index in [1.165, 1.54) is 14.0 Å². The van der Waals surface area contributed by atoms with Gasteiger partial charge in [0.25, 0.3) is 11.6 Å². The van der Waals surface area contributed by atoms with E-state index in [9.17, 15) is 14.9 Å². The molecule has 0 N–H and O–H groups in total. The van der Waals surface area contributed by atoms with Crippen molar-refractivity contribution in [3.63, 3.8) is 0 Å². The second kappa shape index (κ2) is 8.91. The second-order valence-corrected chi connectivity index (χ2v) is 10.7. The molecule has 0 spiro atoms. The van der Waals surface area contributed by atoms with Gasteiger partial charge in [0.2, 0.25) is 0 Å². The average Bonchev–Trinajstić information content (AvgIpc) is 3.36. The number of thiophene rings is 1. The fourth-order valence-electron chi connectivity index (χ4n) is 4.92. The number of hydrogen-bond acceptors (Lipinski definition) is 5. The maximum absolute atomic E-state index is 13.9. The van der Waals surface area contributed by atoms with Gasteiger partial charge in [0.15, 0.2) is 5.76 Å². The zero-order valence-corrected chi connectivity index (χ0v) is 21.3. The molecule has 34 heavy (non-hydrogen) atoms. The number of carbonyl (C=O) groups excluding carboxylic acids is 1. The van der Waals surface area contributed by atoms with E-state index in [2.05, 4.69) is 38.0 Å². The largest absolute Gasteiger partial charge is 0.490 e. The molecule has 0 bridgehead atoms. The molecule has 2 aliphatic heterocycles. The highest BCUT2D eigenvalue weighted by molar-refractivity contribution is 7.13. The molecule has 2 aromatic rings. The molecule has 0 unspecified atom stereocenters. The van der Waals surface area contributed by atoms with Crippen LogP contribution in [0.5, 0.6) is 0 Å². The minimum Gasteiger partial charge on any atom is -0.490 e. The van der Waals surface area contributed by atoms with Gasteiger partial charge >= 0.3 is 0 Å². The lowest BCUT2D eigenvalue weighted by Gasteiger charge is -2.35. The van der Waals surface area contributed by atoms with E-state index in [1.54, 1.807) is 17.4 Å². The molecule has 0 atom stereocenters. The van der Waals surface area contributed by atoms with E-state index in [4.69, 9.17) is 4.74 Å². The fraction of sp³-hybridized carbons (Fsp3) is 0.423. The quantitative estimate of drug-likeness (QED) is 0.309. The molecule has 4 heterocycles. The lowest BCUT2D eigenvalue weighted by Crippen LogP contribution is -2.46. The maximum atomic E-state index is 13.9. The Balaban J connectivity index is 1.93. The van der Waals surface area contributed by atoms with Gasteiger partial charge < -0.3 is 14.2 Å². The molecule has 0 fully saturated rings. The van der Waals surface area contributed by atoms with Crippen LogP contribution < -0.4 is 0 Å². The van der Waals surface area contributed by atoms with Gasteiger partial charge in [-0.05, 0) is 74.3 Å². The monoisotopic (exact) mass is 481 g/mol. The molecule has 0 aromatic carbocycles. The molecular weight excluding hydrogens is 450 g/mol. The molecule has 0 radical (unpaired) electrons. The SMILES string of the molecule is C=C1C(=CC(OC)=C(C)[N+](=O)[O-])CCn2c3c(c(-c4cccs4)c21)CCCN(C(C)(C)C)C3=O. The molecular formula is C26H31N3O4S. The van der Waals surface area contributed by atoms with Crippen molar-refractivity contribution in [1.82, 2.24) is 9.47 Å². The van der Waals surface area contributed by atoms with Crippen molar-refractivity contribution in [3.8, 4) is 10.4 Å². The van der Waals surface area contributed by atoms with Gasteiger partial charge in [-0.2, -0.15) is 0 Å². The summed E-state index contributed by atoms with van der Waals surface area (Å²) in [7, 11) is 1.44. The number of methoxy groups -OCH3 is 1. The summed E-state index contributed by atoms with van der Waals surface area (Å²) in [4.78, 5) is 27.8. The number of carbonyl (C=O) groups is 1. The molecule has 7 nitrogen and oxygen atoms in total. The Morgan fingerprint density at radius 1 is 1.26 bits per heavy atom. The van der Waals surface area contributed by atoms with Gasteiger partial charge in [-0.3, -0.25) is 14.9 Å².